The lowest BCUT2D eigenvalue weighted by Gasteiger charge is -2.12. The van der Waals surface area contributed by atoms with Gasteiger partial charge in [-0.3, -0.25) is 4.79 Å². The lowest BCUT2D eigenvalue weighted by Crippen LogP contribution is -2.27. The minimum Gasteiger partial charge on any atom is -0.325 e. The number of rotatable bonds is 3. The second kappa shape index (κ2) is 5.46. The fourth-order valence-electron chi connectivity index (χ4n) is 1.51. The Bertz CT molecular complexity index is 379. The predicted molar refractivity (Wildman–Crippen MR) is 70.8 cm³/mol. The summed E-state index contributed by atoms with van der Waals surface area (Å²) in [5.74, 6) is 0.00567. The Morgan fingerprint density at radius 2 is 1.81 bits per heavy atom. The monoisotopic (exact) mass is 284 g/mol. The number of amides is 1. The molecule has 0 unspecified atom stereocenters. The number of carbonyl (C=O) groups excluding carboxylic acids is 1. The molecular weight excluding hydrogens is 268 g/mol. The molecule has 4 heteroatoms. The average molecular weight is 285 g/mol. The minimum atomic E-state index is 0.00567. The van der Waals surface area contributed by atoms with E-state index in [1.165, 1.54) is 0 Å². The van der Waals surface area contributed by atoms with Gasteiger partial charge in [0.05, 0.1) is 6.54 Å². The van der Waals surface area contributed by atoms with Crippen molar-refractivity contribution >= 4 is 27.5 Å². The number of carbonyl (C=O) groups is 1. The van der Waals surface area contributed by atoms with E-state index < -0.39 is 0 Å². The van der Waals surface area contributed by atoms with Gasteiger partial charge in [-0.25, -0.2) is 0 Å². The van der Waals surface area contributed by atoms with Gasteiger partial charge in [0.15, 0.2) is 0 Å². The van der Waals surface area contributed by atoms with Crippen molar-refractivity contribution in [3.8, 4) is 0 Å². The summed E-state index contributed by atoms with van der Waals surface area (Å²) in [7, 11) is 3.75. The van der Waals surface area contributed by atoms with E-state index >= 15 is 0 Å². The maximum atomic E-state index is 11.6. The van der Waals surface area contributed by atoms with Gasteiger partial charge in [-0.2, -0.15) is 0 Å². The van der Waals surface area contributed by atoms with Gasteiger partial charge in [-0.1, -0.05) is 15.9 Å². The zero-order chi connectivity index (χ0) is 12.3. The number of hydrogen-bond donors (Lipinski definition) is 1. The SMILES string of the molecule is Cc1cc(NC(=O)CN(C)C)cc(C)c1Br. The van der Waals surface area contributed by atoms with E-state index in [4.69, 9.17) is 0 Å². The van der Waals surface area contributed by atoms with Crippen molar-refractivity contribution in [3.05, 3.63) is 27.7 Å². The molecule has 1 aromatic rings. The molecule has 0 radical (unpaired) electrons. The highest BCUT2D eigenvalue weighted by molar-refractivity contribution is 9.10. The standard InChI is InChI=1S/C12H17BrN2O/c1-8-5-10(6-9(2)12(8)13)14-11(16)7-15(3)4/h5-6H,7H2,1-4H3,(H,14,16). The molecule has 0 saturated carbocycles. The molecule has 0 spiro atoms. The molecule has 88 valence electrons. The topological polar surface area (TPSA) is 32.3 Å². The van der Waals surface area contributed by atoms with Crippen molar-refractivity contribution in [1.29, 1.82) is 0 Å². The summed E-state index contributed by atoms with van der Waals surface area (Å²) in [5.41, 5.74) is 3.10. The number of likely N-dealkylation sites (N-methyl/N-ethyl adjacent to an activating group) is 1. The molecule has 0 heterocycles. The van der Waals surface area contributed by atoms with Gasteiger partial charge in [-0.05, 0) is 51.2 Å². The molecule has 0 bridgehead atoms. The third-order valence-corrected chi connectivity index (χ3v) is 3.43. The van der Waals surface area contributed by atoms with Crippen LogP contribution < -0.4 is 5.32 Å². The fourth-order valence-corrected chi connectivity index (χ4v) is 1.73. The molecule has 0 aliphatic heterocycles. The maximum Gasteiger partial charge on any atom is 0.238 e. The Balaban J connectivity index is 2.79. The summed E-state index contributed by atoms with van der Waals surface area (Å²) in [5, 5.41) is 2.88. The van der Waals surface area contributed by atoms with Gasteiger partial charge in [0, 0.05) is 10.2 Å². The summed E-state index contributed by atoms with van der Waals surface area (Å²) in [6, 6.07) is 3.93. The fraction of sp³-hybridized carbons (Fsp3) is 0.417. The molecule has 0 saturated heterocycles. The van der Waals surface area contributed by atoms with E-state index in [0.717, 1.165) is 21.3 Å². The van der Waals surface area contributed by atoms with E-state index in [0.29, 0.717) is 6.54 Å². The van der Waals surface area contributed by atoms with Crippen LogP contribution in [0.25, 0.3) is 0 Å². The van der Waals surface area contributed by atoms with Gasteiger partial charge < -0.3 is 10.2 Å². The Labute approximate surface area is 105 Å². The molecule has 16 heavy (non-hydrogen) atoms. The highest BCUT2D eigenvalue weighted by atomic mass is 79.9. The number of nitrogens with one attached hydrogen (secondary N) is 1. The Hall–Kier alpha value is -0.870. The molecule has 1 rings (SSSR count). The zero-order valence-corrected chi connectivity index (χ0v) is 11.7. The van der Waals surface area contributed by atoms with Crippen LogP contribution in [0.2, 0.25) is 0 Å². The van der Waals surface area contributed by atoms with Crippen molar-refractivity contribution in [2.24, 2.45) is 0 Å². The number of hydrogen-bond acceptors (Lipinski definition) is 2. The highest BCUT2D eigenvalue weighted by Gasteiger charge is 2.06. The average Bonchev–Trinajstić information content (AvgIpc) is 2.12. The molecule has 3 nitrogen and oxygen atoms in total. The molecule has 0 aromatic heterocycles. The van der Waals surface area contributed by atoms with Crippen LogP contribution >= 0.6 is 15.9 Å². The third kappa shape index (κ3) is 3.61. The molecule has 0 atom stereocenters. The number of halogens is 1. The summed E-state index contributed by atoms with van der Waals surface area (Å²) in [6.07, 6.45) is 0. The lowest BCUT2D eigenvalue weighted by atomic mass is 10.1. The lowest BCUT2D eigenvalue weighted by molar-refractivity contribution is -0.116. The summed E-state index contributed by atoms with van der Waals surface area (Å²) in [6.45, 7) is 4.42. The zero-order valence-electron chi connectivity index (χ0n) is 10.1. The van der Waals surface area contributed by atoms with E-state index in [2.05, 4.69) is 21.2 Å². The van der Waals surface area contributed by atoms with E-state index in [9.17, 15) is 4.79 Å². The van der Waals surface area contributed by atoms with Crippen LogP contribution in [0.3, 0.4) is 0 Å². The molecule has 1 amide bonds. The smallest absolute Gasteiger partial charge is 0.238 e. The van der Waals surface area contributed by atoms with Crippen LogP contribution in [-0.4, -0.2) is 31.4 Å². The van der Waals surface area contributed by atoms with Gasteiger partial charge in [0.1, 0.15) is 0 Å². The Kier molecular flexibility index (Phi) is 4.50. The maximum absolute atomic E-state index is 11.6. The third-order valence-electron chi connectivity index (χ3n) is 2.18. The van der Waals surface area contributed by atoms with Gasteiger partial charge in [0.2, 0.25) is 5.91 Å². The molecule has 1 aromatic carbocycles. The van der Waals surface area contributed by atoms with Crippen molar-refractivity contribution in [3.63, 3.8) is 0 Å². The van der Waals surface area contributed by atoms with Gasteiger partial charge in [0.25, 0.3) is 0 Å². The Morgan fingerprint density at radius 1 is 1.31 bits per heavy atom. The van der Waals surface area contributed by atoms with Crippen molar-refractivity contribution in [1.82, 2.24) is 4.90 Å². The number of nitrogens with zero attached hydrogens (tertiary/aromatic N) is 1. The van der Waals surface area contributed by atoms with Crippen molar-refractivity contribution in [2.45, 2.75) is 13.8 Å². The van der Waals surface area contributed by atoms with E-state index in [1.807, 2.05) is 45.0 Å². The minimum absolute atomic E-state index is 0.00567. The first-order chi connectivity index (χ1) is 7.40. The van der Waals surface area contributed by atoms with Crippen LogP contribution in [0, 0.1) is 13.8 Å². The van der Waals surface area contributed by atoms with Crippen molar-refractivity contribution < 1.29 is 4.79 Å². The molecular formula is C12H17BrN2O. The summed E-state index contributed by atoms with van der Waals surface area (Å²) < 4.78 is 1.10. The molecule has 0 aliphatic rings. The van der Waals surface area contributed by atoms with Crippen LogP contribution in [0.15, 0.2) is 16.6 Å². The molecule has 0 aliphatic carbocycles. The largest absolute Gasteiger partial charge is 0.325 e. The van der Waals surface area contributed by atoms with Crippen LogP contribution in [-0.2, 0) is 4.79 Å². The summed E-state index contributed by atoms with van der Waals surface area (Å²) >= 11 is 3.50. The predicted octanol–water partition coefficient (Wildman–Crippen LogP) is 2.57. The van der Waals surface area contributed by atoms with E-state index in [1.54, 1.807) is 0 Å². The van der Waals surface area contributed by atoms with E-state index in [-0.39, 0.29) is 5.91 Å². The second-order valence-electron chi connectivity index (χ2n) is 4.21. The van der Waals surface area contributed by atoms with Crippen molar-refractivity contribution in [2.75, 3.05) is 26.0 Å². The first-order valence-corrected chi connectivity index (χ1v) is 5.91. The van der Waals surface area contributed by atoms with Crippen LogP contribution in [0.5, 0.6) is 0 Å². The summed E-state index contributed by atoms with van der Waals surface area (Å²) in [4.78, 5) is 13.4. The number of benzene rings is 1. The molecule has 0 fully saturated rings. The first-order valence-electron chi connectivity index (χ1n) is 5.11. The quantitative estimate of drug-likeness (QED) is 0.925. The normalized spacial score (nSPS) is 10.6. The number of aryl methyl sites for hydroxylation is 2. The Morgan fingerprint density at radius 3 is 2.25 bits per heavy atom. The van der Waals surface area contributed by atoms with Gasteiger partial charge in [-0.15, -0.1) is 0 Å². The highest BCUT2D eigenvalue weighted by Crippen LogP contribution is 2.24. The second-order valence-corrected chi connectivity index (χ2v) is 5.00. The van der Waals surface area contributed by atoms with Gasteiger partial charge >= 0.3 is 0 Å². The first kappa shape index (κ1) is 13.2. The molecule has 1 N–H and O–H groups in total. The van der Waals surface area contributed by atoms with Crippen LogP contribution in [0.4, 0.5) is 5.69 Å². The van der Waals surface area contributed by atoms with Crippen LogP contribution in [0.1, 0.15) is 11.1 Å². The number of anilines is 1.